The summed E-state index contributed by atoms with van der Waals surface area (Å²) < 4.78 is 7.33. The lowest BCUT2D eigenvalue weighted by Gasteiger charge is -2.35. The molecule has 0 aliphatic carbocycles. The van der Waals surface area contributed by atoms with E-state index in [1.165, 1.54) is 0 Å². The lowest BCUT2D eigenvalue weighted by molar-refractivity contribution is 0.245. The number of anilines is 1. The van der Waals surface area contributed by atoms with Crippen molar-refractivity contribution in [3.8, 4) is 16.9 Å². The Kier molecular flexibility index (Phi) is 5.42. The molecule has 1 saturated heterocycles. The zero-order valence-corrected chi connectivity index (χ0v) is 19.5. The fourth-order valence-corrected chi connectivity index (χ4v) is 4.97. The molecule has 0 radical (unpaired) electrons. The molecule has 0 atom stereocenters. The number of hydrogen-bond donors (Lipinski definition) is 1. The highest BCUT2D eigenvalue weighted by Gasteiger charge is 2.20. The molecule has 0 spiro atoms. The summed E-state index contributed by atoms with van der Waals surface area (Å²) in [6.45, 7) is 4.58. The number of aromatic amines is 1. The van der Waals surface area contributed by atoms with Gasteiger partial charge in [-0.2, -0.15) is 5.10 Å². The van der Waals surface area contributed by atoms with Crippen molar-refractivity contribution in [2.75, 3.05) is 38.2 Å². The minimum absolute atomic E-state index is 0.233. The van der Waals surface area contributed by atoms with Crippen LogP contribution < -0.4 is 15.3 Å². The smallest absolute Gasteiger partial charge is 0.348 e. The molecular formula is C27H26N6O2. The minimum Gasteiger partial charge on any atom is -0.496 e. The summed E-state index contributed by atoms with van der Waals surface area (Å²) in [6.07, 6.45) is 1.85. The van der Waals surface area contributed by atoms with Gasteiger partial charge in [0.1, 0.15) is 11.6 Å². The van der Waals surface area contributed by atoms with E-state index in [4.69, 9.17) is 4.74 Å². The van der Waals surface area contributed by atoms with E-state index in [1.807, 2.05) is 54.7 Å². The summed E-state index contributed by atoms with van der Waals surface area (Å²) in [5.74, 6) is 1.91. The maximum Gasteiger partial charge on any atom is 0.348 e. The molecule has 1 aliphatic rings. The monoisotopic (exact) mass is 466 g/mol. The Labute approximate surface area is 202 Å². The van der Waals surface area contributed by atoms with Crippen LogP contribution in [0.2, 0.25) is 0 Å². The molecule has 4 heterocycles. The van der Waals surface area contributed by atoms with Crippen LogP contribution >= 0.6 is 0 Å². The molecule has 5 aromatic rings. The van der Waals surface area contributed by atoms with Crippen LogP contribution in [0.4, 0.5) is 5.82 Å². The summed E-state index contributed by atoms with van der Waals surface area (Å²) in [7, 11) is 1.72. The van der Waals surface area contributed by atoms with Gasteiger partial charge in [-0.25, -0.2) is 19.3 Å². The minimum atomic E-state index is -0.233. The lowest BCUT2D eigenvalue weighted by atomic mass is 9.98. The van der Waals surface area contributed by atoms with Crippen molar-refractivity contribution in [2.24, 2.45) is 0 Å². The van der Waals surface area contributed by atoms with Gasteiger partial charge >= 0.3 is 5.69 Å². The van der Waals surface area contributed by atoms with Gasteiger partial charge in [0, 0.05) is 49.9 Å². The molecule has 0 bridgehead atoms. The quantitative estimate of drug-likeness (QED) is 0.427. The number of rotatable bonds is 5. The molecule has 0 saturated carbocycles. The highest BCUT2D eigenvalue weighted by Crippen LogP contribution is 2.33. The number of pyridine rings is 2. The van der Waals surface area contributed by atoms with E-state index >= 15 is 0 Å². The molecule has 2 aromatic carbocycles. The number of benzene rings is 2. The van der Waals surface area contributed by atoms with Crippen molar-refractivity contribution in [2.45, 2.75) is 6.54 Å². The third kappa shape index (κ3) is 3.91. The number of H-pyrrole nitrogens is 1. The number of piperazine rings is 1. The van der Waals surface area contributed by atoms with E-state index in [2.05, 4.69) is 43.2 Å². The van der Waals surface area contributed by atoms with Crippen molar-refractivity contribution in [1.82, 2.24) is 24.5 Å². The Morgan fingerprint density at radius 2 is 1.80 bits per heavy atom. The van der Waals surface area contributed by atoms with Crippen molar-refractivity contribution < 1.29 is 4.74 Å². The van der Waals surface area contributed by atoms with Crippen molar-refractivity contribution in [3.63, 3.8) is 0 Å². The normalized spacial score (nSPS) is 14.6. The van der Waals surface area contributed by atoms with E-state index in [0.29, 0.717) is 5.65 Å². The van der Waals surface area contributed by atoms with Crippen molar-refractivity contribution >= 4 is 22.4 Å². The van der Waals surface area contributed by atoms with Crippen LogP contribution in [0.15, 0.2) is 77.7 Å². The maximum atomic E-state index is 12.3. The fourth-order valence-electron chi connectivity index (χ4n) is 4.97. The Hall–Kier alpha value is -4.17. The van der Waals surface area contributed by atoms with Gasteiger partial charge in [0.15, 0.2) is 5.65 Å². The second-order valence-corrected chi connectivity index (χ2v) is 8.78. The van der Waals surface area contributed by atoms with Crippen LogP contribution in [0.1, 0.15) is 5.56 Å². The molecule has 8 heteroatoms. The molecule has 1 fully saturated rings. The molecule has 3 aromatic heterocycles. The second kappa shape index (κ2) is 8.88. The molecule has 8 nitrogen and oxygen atoms in total. The van der Waals surface area contributed by atoms with Crippen LogP contribution in [0.3, 0.4) is 0 Å². The molecule has 0 amide bonds. The predicted molar refractivity (Wildman–Crippen MR) is 137 cm³/mol. The fraction of sp³-hybridized carbons (Fsp3) is 0.222. The van der Waals surface area contributed by atoms with E-state index in [0.717, 1.165) is 71.9 Å². The maximum absolute atomic E-state index is 12.3. The summed E-state index contributed by atoms with van der Waals surface area (Å²) in [5.41, 5.74) is 4.45. The van der Waals surface area contributed by atoms with Crippen LogP contribution in [-0.2, 0) is 6.54 Å². The van der Waals surface area contributed by atoms with Gasteiger partial charge in [-0.1, -0.05) is 30.3 Å². The Balaban J connectivity index is 1.32. The zero-order valence-electron chi connectivity index (χ0n) is 19.5. The van der Waals surface area contributed by atoms with Gasteiger partial charge in [0.05, 0.1) is 12.6 Å². The van der Waals surface area contributed by atoms with E-state index in [1.54, 1.807) is 11.5 Å². The van der Waals surface area contributed by atoms with E-state index in [9.17, 15) is 4.79 Å². The first-order valence-electron chi connectivity index (χ1n) is 11.8. The van der Waals surface area contributed by atoms with Crippen molar-refractivity contribution in [3.05, 3.63) is 89.0 Å². The van der Waals surface area contributed by atoms with Crippen LogP contribution in [-0.4, -0.2) is 57.8 Å². The highest BCUT2D eigenvalue weighted by atomic mass is 16.5. The number of aromatic nitrogens is 4. The first-order valence-corrected chi connectivity index (χ1v) is 11.8. The number of methoxy groups -OCH3 is 1. The van der Waals surface area contributed by atoms with E-state index in [-0.39, 0.29) is 5.69 Å². The molecular weight excluding hydrogens is 440 g/mol. The lowest BCUT2D eigenvalue weighted by Crippen LogP contribution is -2.46. The SMILES string of the molecule is COc1ccc(-c2cc3n[nH]c(=O)n3c3ccccc23)cc1CN1CCN(c2ccccn2)CC1. The number of nitrogens with one attached hydrogen (secondary N) is 1. The number of nitrogens with zero attached hydrogens (tertiary/aromatic N) is 5. The van der Waals surface area contributed by atoms with Gasteiger partial charge in [-0.3, -0.25) is 4.90 Å². The third-order valence-corrected chi connectivity index (χ3v) is 6.74. The van der Waals surface area contributed by atoms with Gasteiger partial charge in [-0.15, -0.1) is 0 Å². The largest absolute Gasteiger partial charge is 0.496 e. The number of fused-ring (bicyclic) bond motifs is 3. The number of hydrogen-bond acceptors (Lipinski definition) is 6. The molecule has 0 unspecified atom stereocenters. The molecule has 1 N–H and O–H groups in total. The number of para-hydroxylation sites is 1. The van der Waals surface area contributed by atoms with Gasteiger partial charge in [0.25, 0.3) is 0 Å². The predicted octanol–water partition coefficient (Wildman–Crippen LogP) is 3.57. The summed E-state index contributed by atoms with van der Waals surface area (Å²) in [4.78, 5) is 21.6. The third-order valence-electron chi connectivity index (χ3n) is 6.74. The highest BCUT2D eigenvalue weighted by molar-refractivity contribution is 5.97. The Morgan fingerprint density at radius 1 is 0.971 bits per heavy atom. The molecule has 35 heavy (non-hydrogen) atoms. The van der Waals surface area contributed by atoms with Gasteiger partial charge in [0.2, 0.25) is 0 Å². The van der Waals surface area contributed by atoms with Crippen LogP contribution in [0.25, 0.3) is 27.7 Å². The average Bonchev–Trinajstić information content (AvgIpc) is 3.30. The standard InChI is InChI=1S/C27H26N6O2/c1-35-24-10-9-19(22-17-26-29-30-27(34)33(26)23-7-3-2-6-21(22)23)16-20(24)18-31-12-14-32(15-13-31)25-8-4-5-11-28-25/h2-11,16-17H,12-15,18H2,1H3,(H,30,34). The second-order valence-electron chi connectivity index (χ2n) is 8.78. The van der Waals surface area contributed by atoms with Crippen LogP contribution in [0.5, 0.6) is 5.75 Å². The Bertz CT molecular complexity index is 1550. The average molecular weight is 467 g/mol. The molecule has 6 rings (SSSR count). The molecule has 176 valence electrons. The first kappa shape index (κ1) is 21.4. The van der Waals surface area contributed by atoms with E-state index < -0.39 is 0 Å². The number of ether oxygens (including phenoxy) is 1. The topological polar surface area (TPSA) is 78.8 Å². The van der Waals surface area contributed by atoms with Gasteiger partial charge < -0.3 is 9.64 Å². The molecule has 1 aliphatic heterocycles. The zero-order chi connectivity index (χ0) is 23.8. The Morgan fingerprint density at radius 3 is 2.60 bits per heavy atom. The first-order chi connectivity index (χ1) is 17.2. The summed E-state index contributed by atoms with van der Waals surface area (Å²) in [5, 5.41) is 7.79. The van der Waals surface area contributed by atoms with Crippen LogP contribution in [0, 0.1) is 0 Å². The summed E-state index contributed by atoms with van der Waals surface area (Å²) in [6, 6.07) is 22.3. The van der Waals surface area contributed by atoms with Crippen molar-refractivity contribution in [1.29, 1.82) is 0 Å². The van der Waals surface area contributed by atoms with Gasteiger partial charge in [-0.05, 0) is 47.5 Å². The summed E-state index contributed by atoms with van der Waals surface area (Å²) >= 11 is 0.